The van der Waals surface area contributed by atoms with Crippen LogP contribution in [0.15, 0.2) is 84.1 Å². The van der Waals surface area contributed by atoms with Crippen molar-refractivity contribution in [3.05, 3.63) is 84.6 Å². The number of carbonyl (C=O) groups excluding carboxylic acids is 1. The van der Waals surface area contributed by atoms with Crippen molar-refractivity contribution in [3.63, 3.8) is 0 Å². The van der Waals surface area contributed by atoms with Gasteiger partial charge in [-0.1, -0.05) is 42.5 Å². The van der Waals surface area contributed by atoms with Gasteiger partial charge in [-0.2, -0.15) is 10.1 Å². The fourth-order valence-corrected chi connectivity index (χ4v) is 5.56. The Hall–Kier alpha value is -3.67. The second-order valence-corrected chi connectivity index (χ2v) is 8.76. The molecule has 1 spiro atoms. The van der Waals surface area contributed by atoms with Gasteiger partial charge in [0.15, 0.2) is 0 Å². The standard InChI is InChI=1S/C26H25N5O/c1-19-26(25(32)31(28-19)21-10-3-2-4-11-21)17-20-9-5-6-12-22(20)30-16-15-29(18-23(26)30)24-13-7-8-14-27-24/h2-14,23H,15-18H2,1H3/t23-,26-/m1/s1. The molecule has 2 aromatic carbocycles. The SMILES string of the molecule is CC1=NN(c2ccccc2)C(=O)[C@]12Cc1ccccc1N1CCN(c3ccccn3)C[C@@H]12. The molecular weight excluding hydrogens is 398 g/mol. The highest BCUT2D eigenvalue weighted by Gasteiger charge is 2.59. The molecule has 6 heteroatoms. The Morgan fingerprint density at radius 2 is 1.72 bits per heavy atom. The molecule has 1 aromatic heterocycles. The summed E-state index contributed by atoms with van der Waals surface area (Å²) in [5, 5.41) is 6.43. The number of pyridine rings is 1. The molecule has 0 radical (unpaired) electrons. The Morgan fingerprint density at radius 3 is 2.53 bits per heavy atom. The van der Waals surface area contributed by atoms with Crippen LogP contribution in [0.25, 0.3) is 0 Å². The van der Waals surface area contributed by atoms with Crippen LogP contribution in [0.1, 0.15) is 12.5 Å². The Morgan fingerprint density at radius 1 is 0.938 bits per heavy atom. The van der Waals surface area contributed by atoms with Crippen LogP contribution in [0.5, 0.6) is 0 Å². The van der Waals surface area contributed by atoms with Crippen LogP contribution in [0, 0.1) is 5.41 Å². The number of amides is 1. The lowest BCUT2D eigenvalue weighted by Gasteiger charge is -2.53. The Balaban J connectivity index is 1.46. The van der Waals surface area contributed by atoms with Crippen molar-refractivity contribution in [1.82, 2.24) is 4.98 Å². The zero-order chi connectivity index (χ0) is 21.7. The van der Waals surface area contributed by atoms with Crippen LogP contribution < -0.4 is 14.8 Å². The molecule has 3 aliphatic rings. The molecule has 4 heterocycles. The molecule has 3 aromatic rings. The van der Waals surface area contributed by atoms with Crippen molar-refractivity contribution in [2.24, 2.45) is 10.5 Å². The zero-order valence-corrected chi connectivity index (χ0v) is 18.1. The van der Waals surface area contributed by atoms with Gasteiger partial charge in [-0.05, 0) is 49.2 Å². The van der Waals surface area contributed by atoms with E-state index in [0.29, 0.717) is 6.42 Å². The molecule has 1 fully saturated rings. The van der Waals surface area contributed by atoms with E-state index in [0.717, 1.165) is 36.9 Å². The number of para-hydroxylation sites is 2. The minimum atomic E-state index is -0.697. The highest BCUT2D eigenvalue weighted by Crippen LogP contribution is 2.48. The summed E-state index contributed by atoms with van der Waals surface area (Å²) >= 11 is 0. The molecule has 1 amide bonds. The van der Waals surface area contributed by atoms with E-state index in [2.05, 4.69) is 39.0 Å². The van der Waals surface area contributed by atoms with E-state index in [4.69, 9.17) is 5.10 Å². The van der Waals surface area contributed by atoms with Gasteiger partial charge >= 0.3 is 0 Å². The largest absolute Gasteiger partial charge is 0.363 e. The fourth-order valence-electron chi connectivity index (χ4n) is 5.56. The number of benzene rings is 2. The molecule has 2 atom stereocenters. The Bertz CT molecular complexity index is 1200. The summed E-state index contributed by atoms with van der Waals surface area (Å²) in [5.41, 5.74) is 3.46. The van der Waals surface area contributed by atoms with Gasteiger partial charge in [0.05, 0.1) is 17.4 Å². The average Bonchev–Trinajstić information content (AvgIpc) is 3.10. The van der Waals surface area contributed by atoms with E-state index >= 15 is 0 Å². The molecule has 0 saturated carbocycles. The lowest BCUT2D eigenvalue weighted by molar-refractivity contribution is -0.125. The number of piperazine rings is 1. The molecule has 6 nitrogen and oxygen atoms in total. The number of carbonyl (C=O) groups is 1. The first-order valence-corrected chi connectivity index (χ1v) is 11.1. The van der Waals surface area contributed by atoms with Crippen molar-refractivity contribution in [2.75, 3.05) is 34.4 Å². The smallest absolute Gasteiger partial charge is 0.261 e. The Kier molecular flexibility index (Phi) is 4.28. The van der Waals surface area contributed by atoms with Crippen molar-refractivity contribution < 1.29 is 4.79 Å². The van der Waals surface area contributed by atoms with E-state index in [1.807, 2.05) is 61.7 Å². The number of hydrazone groups is 1. The first kappa shape index (κ1) is 19.0. The molecule has 0 N–H and O–H groups in total. The summed E-state index contributed by atoms with van der Waals surface area (Å²) in [6.07, 6.45) is 2.50. The van der Waals surface area contributed by atoms with Gasteiger partial charge in [-0.3, -0.25) is 4.79 Å². The van der Waals surface area contributed by atoms with Gasteiger partial charge in [-0.25, -0.2) is 4.98 Å². The van der Waals surface area contributed by atoms with E-state index in [1.54, 1.807) is 5.01 Å². The maximum absolute atomic E-state index is 14.2. The first-order valence-electron chi connectivity index (χ1n) is 11.1. The van der Waals surface area contributed by atoms with E-state index < -0.39 is 5.41 Å². The first-order chi connectivity index (χ1) is 15.7. The predicted octanol–water partition coefficient (Wildman–Crippen LogP) is 3.74. The molecule has 0 bridgehead atoms. The van der Waals surface area contributed by atoms with Crippen LogP contribution in [0.4, 0.5) is 17.2 Å². The molecule has 1 saturated heterocycles. The van der Waals surface area contributed by atoms with Gasteiger partial charge in [0, 0.05) is 31.5 Å². The summed E-state index contributed by atoms with van der Waals surface area (Å²) in [4.78, 5) is 23.5. The van der Waals surface area contributed by atoms with Crippen LogP contribution >= 0.6 is 0 Å². The second-order valence-electron chi connectivity index (χ2n) is 8.76. The summed E-state index contributed by atoms with van der Waals surface area (Å²) < 4.78 is 0. The quantitative estimate of drug-likeness (QED) is 0.630. The third-order valence-corrected chi connectivity index (χ3v) is 7.16. The fraction of sp³-hybridized carbons (Fsp3) is 0.269. The topological polar surface area (TPSA) is 52.0 Å². The normalized spacial score (nSPS) is 24.4. The van der Waals surface area contributed by atoms with Gasteiger partial charge in [0.1, 0.15) is 11.2 Å². The third kappa shape index (κ3) is 2.68. The molecule has 32 heavy (non-hydrogen) atoms. The average molecular weight is 424 g/mol. The van der Waals surface area contributed by atoms with Gasteiger partial charge in [0.2, 0.25) is 0 Å². The minimum absolute atomic E-state index is 0.0156. The lowest BCUT2D eigenvalue weighted by atomic mass is 9.67. The molecule has 0 unspecified atom stereocenters. The zero-order valence-electron chi connectivity index (χ0n) is 18.1. The maximum atomic E-state index is 14.2. The molecule has 3 aliphatic heterocycles. The maximum Gasteiger partial charge on any atom is 0.261 e. The van der Waals surface area contributed by atoms with Crippen molar-refractivity contribution in [3.8, 4) is 0 Å². The summed E-state index contributed by atoms with van der Waals surface area (Å²) in [5.74, 6) is 1.02. The van der Waals surface area contributed by atoms with Crippen LogP contribution in [-0.4, -0.2) is 42.3 Å². The number of hydrogen-bond acceptors (Lipinski definition) is 5. The van der Waals surface area contributed by atoms with E-state index in [-0.39, 0.29) is 11.9 Å². The second kappa shape index (κ2) is 7.19. The Labute approximate surface area is 187 Å². The predicted molar refractivity (Wildman–Crippen MR) is 127 cm³/mol. The number of aromatic nitrogens is 1. The van der Waals surface area contributed by atoms with Crippen molar-refractivity contribution in [2.45, 2.75) is 19.4 Å². The van der Waals surface area contributed by atoms with Gasteiger partial charge in [-0.15, -0.1) is 0 Å². The monoisotopic (exact) mass is 423 g/mol. The molecule has 6 rings (SSSR count). The summed E-state index contributed by atoms with van der Waals surface area (Å²) in [7, 11) is 0. The highest BCUT2D eigenvalue weighted by molar-refractivity contribution is 6.20. The summed E-state index contributed by atoms with van der Waals surface area (Å²) in [6.45, 7) is 4.45. The van der Waals surface area contributed by atoms with E-state index in [1.165, 1.54) is 11.3 Å². The number of fused-ring (bicyclic) bond motifs is 4. The number of nitrogens with zero attached hydrogens (tertiary/aromatic N) is 5. The van der Waals surface area contributed by atoms with Crippen molar-refractivity contribution in [1.29, 1.82) is 0 Å². The van der Waals surface area contributed by atoms with Gasteiger partial charge in [0.25, 0.3) is 5.91 Å². The van der Waals surface area contributed by atoms with Crippen LogP contribution in [-0.2, 0) is 11.2 Å². The van der Waals surface area contributed by atoms with Crippen molar-refractivity contribution >= 4 is 28.8 Å². The van der Waals surface area contributed by atoms with Crippen LogP contribution in [0.3, 0.4) is 0 Å². The lowest BCUT2D eigenvalue weighted by Crippen LogP contribution is -2.67. The molecule has 0 aliphatic carbocycles. The molecular formula is C26H25N5O. The minimum Gasteiger partial charge on any atom is -0.363 e. The van der Waals surface area contributed by atoms with E-state index in [9.17, 15) is 4.79 Å². The summed E-state index contributed by atoms with van der Waals surface area (Å²) in [6, 6.07) is 24.2. The number of hydrogen-bond donors (Lipinski definition) is 0. The van der Waals surface area contributed by atoms with Crippen LogP contribution in [0.2, 0.25) is 0 Å². The number of anilines is 3. The molecule has 160 valence electrons. The number of rotatable bonds is 2. The third-order valence-electron chi connectivity index (χ3n) is 7.16. The highest BCUT2D eigenvalue weighted by atomic mass is 16.2. The van der Waals surface area contributed by atoms with Gasteiger partial charge < -0.3 is 9.80 Å².